The van der Waals surface area contributed by atoms with Crippen LogP contribution >= 0.6 is 11.9 Å². The van der Waals surface area contributed by atoms with Gasteiger partial charge in [0.15, 0.2) is 0 Å². The summed E-state index contributed by atoms with van der Waals surface area (Å²) in [5.41, 5.74) is 0. The van der Waals surface area contributed by atoms with Crippen molar-refractivity contribution in [2.24, 2.45) is 4.40 Å². The third-order valence-electron chi connectivity index (χ3n) is 0.201. The van der Waals surface area contributed by atoms with E-state index in [9.17, 15) is 0 Å². The molecule has 0 saturated heterocycles. The first kappa shape index (κ1) is 5.69. The van der Waals surface area contributed by atoms with Crippen LogP contribution in [0.3, 0.4) is 0 Å². The molecule has 0 aromatic rings. The van der Waals surface area contributed by atoms with Gasteiger partial charge in [0.05, 0.1) is 5.04 Å². The highest BCUT2D eigenvalue weighted by Gasteiger charge is 1.76. The van der Waals surface area contributed by atoms with E-state index in [2.05, 4.69) is 11.1 Å². The van der Waals surface area contributed by atoms with Crippen molar-refractivity contribution in [3.63, 3.8) is 0 Å². The number of hydrogen-bond acceptors (Lipinski definition) is 3. The third kappa shape index (κ3) is 3.69. The molecule has 0 rings (SSSR count). The van der Waals surface area contributed by atoms with Crippen molar-refractivity contribution >= 4 is 23.7 Å². The first-order valence-corrected chi connectivity index (χ1v) is 2.23. The van der Waals surface area contributed by atoms with Crippen LogP contribution in [0.4, 0.5) is 0 Å². The second-order valence-corrected chi connectivity index (χ2v) is 1.83. The Bertz CT molecular complexity index is 69.2. The Morgan fingerprint density at radius 1 is 2.00 bits per heavy atom. The fourth-order valence-corrected chi connectivity index (χ4v) is 0.290. The van der Waals surface area contributed by atoms with Gasteiger partial charge in [-0.05, 0) is 13.6 Å². The van der Waals surface area contributed by atoms with Crippen LogP contribution in [0.25, 0.3) is 0 Å². The summed E-state index contributed by atoms with van der Waals surface area (Å²) in [4.78, 5) is 0. The van der Waals surface area contributed by atoms with Crippen LogP contribution in [-0.2, 0) is 0 Å². The summed E-state index contributed by atoms with van der Waals surface area (Å²) in [7, 11) is 0. The molecule has 0 radical (unpaired) electrons. The Kier molecular flexibility index (Phi) is 2.75. The summed E-state index contributed by atoms with van der Waals surface area (Å²) in [6, 6.07) is 0. The van der Waals surface area contributed by atoms with Crippen molar-refractivity contribution in [3.05, 3.63) is 0 Å². The standard InChI is InChI=1S/C3H6N2S/c1-3(4)6-5-2/h4H,2H2,1H3. The van der Waals surface area contributed by atoms with Gasteiger partial charge in [-0.15, -0.1) is 0 Å². The molecule has 0 spiro atoms. The van der Waals surface area contributed by atoms with E-state index in [0.717, 1.165) is 11.9 Å². The van der Waals surface area contributed by atoms with Crippen LogP contribution in [0.15, 0.2) is 4.40 Å². The maximum atomic E-state index is 6.72. The number of hydrogen-bond donors (Lipinski definition) is 1. The van der Waals surface area contributed by atoms with Crippen molar-refractivity contribution in [3.8, 4) is 0 Å². The lowest BCUT2D eigenvalue weighted by atomic mass is 10.9. The zero-order valence-corrected chi connectivity index (χ0v) is 4.38. The lowest BCUT2D eigenvalue weighted by Gasteiger charge is -1.79. The minimum absolute atomic E-state index is 0.477. The second-order valence-electron chi connectivity index (χ2n) is 0.777. The molecule has 0 aliphatic heterocycles. The third-order valence-corrected chi connectivity index (χ3v) is 0.604. The largest absolute Gasteiger partial charge is 0.297 e. The van der Waals surface area contributed by atoms with E-state index in [0.29, 0.717) is 5.04 Å². The van der Waals surface area contributed by atoms with Crippen LogP contribution in [-0.4, -0.2) is 11.8 Å². The molecule has 34 valence electrons. The Balaban J connectivity index is 3.05. The molecule has 0 saturated carbocycles. The summed E-state index contributed by atoms with van der Waals surface area (Å²) in [6.45, 7) is 4.84. The van der Waals surface area contributed by atoms with Crippen molar-refractivity contribution in [2.75, 3.05) is 0 Å². The van der Waals surface area contributed by atoms with Gasteiger partial charge in [-0.3, -0.25) is 5.41 Å². The first-order chi connectivity index (χ1) is 2.77. The lowest BCUT2D eigenvalue weighted by Crippen LogP contribution is -1.69. The summed E-state index contributed by atoms with van der Waals surface area (Å²) < 4.78 is 3.38. The van der Waals surface area contributed by atoms with Crippen LogP contribution in [0.2, 0.25) is 0 Å². The van der Waals surface area contributed by atoms with Gasteiger partial charge < -0.3 is 0 Å². The van der Waals surface area contributed by atoms with Gasteiger partial charge >= 0.3 is 0 Å². The van der Waals surface area contributed by atoms with Crippen molar-refractivity contribution in [1.29, 1.82) is 5.41 Å². The molecule has 3 heteroatoms. The van der Waals surface area contributed by atoms with E-state index in [1.54, 1.807) is 6.92 Å². The predicted molar refractivity (Wildman–Crippen MR) is 30.5 cm³/mol. The van der Waals surface area contributed by atoms with Crippen LogP contribution in [0.1, 0.15) is 6.92 Å². The molecule has 0 atom stereocenters. The fourth-order valence-electron chi connectivity index (χ4n) is 0.0968. The fraction of sp³-hybridized carbons (Fsp3) is 0.333. The van der Waals surface area contributed by atoms with Crippen molar-refractivity contribution in [2.45, 2.75) is 6.92 Å². The molecule has 0 aliphatic rings. The van der Waals surface area contributed by atoms with Gasteiger partial charge in [-0.2, -0.15) is 0 Å². The van der Waals surface area contributed by atoms with Gasteiger partial charge in [0, 0.05) is 11.9 Å². The molecule has 0 aromatic heterocycles. The Hall–Kier alpha value is -0.310. The highest BCUT2D eigenvalue weighted by molar-refractivity contribution is 8.12. The van der Waals surface area contributed by atoms with Crippen LogP contribution < -0.4 is 0 Å². The minimum atomic E-state index is 0.477. The van der Waals surface area contributed by atoms with E-state index < -0.39 is 0 Å². The topological polar surface area (TPSA) is 36.2 Å². The maximum Gasteiger partial charge on any atom is 0.0838 e. The van der Waals surface area contributed by atoms with Crippen molar-refractivity contribution in [1.82, 2.24) is 0 Å². The molecule has 0 amide bonds. The number of nitrogens with one attached hydrogen (secondary N) is 1. The van der Waals surface area contributed by atoms with E-state index >= 15 is 0 Å². The van der Waals surface area contributed by atoms with Crippen LogP contribution in [0, 0.1) is 5.41 Å². The maximum absolute atomic E-state index is 6.72. The van der Waals surface area contributed by atoms with Gasteiger partial charge in [-0.25, -0.2) is 4.40 Å². The molecule has 6 heavy (non-hydrogen) atoms. The molecule has 0 heterocycles. The van der Waals surface area contributed by atoms with Gasteiger partial charge in [0.1, 0.15) is 0 Å². The van der Waals surface area contributed by atoms with E-state index in [1.807, 2.05) is 0 Å². The molecule has 2 nitrogen and oxygen atoms in total. The smallest absolute Gasteiger partial charge is 0.0838 e. The van der Waals surface area contributed by atoms with Crippen LogP contribution in [0.5, 0.6) is 0 Å². The summed E-state index contributed by atoms with van der Waals surface area (Å²) in [5, 5.41) is 7.20. The first-order valence-electron chi connectivity index (χ1n) is 1.45. The SMILES string of the molecule is C=NSC(C)=N. The van der Waals surface area contributed by atoms with E-state index in [-0.39, 0.29) is 0 Å². The Labute approximate surface area is 41.3 Å². The molecule has 0 fully saturated rings. The zero-order valence-electron chi connectivity index (χ0n) is 3.56. The summed E-state index contributed by atoms with van der Waals surface area (Å²) in [6.07, 6.45) is 0. The quantitative estimate of drug-likeness (QED) is 0.302. The van der Waals surface area contributed by atoms with Gasteiger partial charge in [0.25, 0.3) is 0 Å². The van der Waals surface area contributed by atoms with E-state index in [4.69, 9.17) is 5.41 Å². The normalized spacial score (nSPS) is 7.50. The zero-order chi connectivity index (χ0) is 4.99. The molecule has 0 aliphatic carbocycles. The Morgan fingerprint density at radius 2 is 2.50 bits per heavy atom. The molecule has 0 unspecified atom stereocenters. The van der Waals surface area contributed by atoms with Crippen molar-refractivity contribution < 1.29 is 0 Å². The average Bonchev–Trinajstić information content (AvgIpc) is 1.35. The molecular weight excluding hydrogens is 96.1 g/mol. The second kappa shape index (κ2) is 2.90. The van der Waals surface area contributed by atoms with Gasteiger partial charge in [-0.1, -0.05) is 0 Å². The monoisotopic (exact) mass is 102 g/mol. The lowest BCUT2D eigenvalue weighted by molar-refractivity contribution is 1.53. The predicted octanol–water partition coefficient (Wildman–Crippen LogP) is 1.33. The number of rotatable bonds is 1. The summed E-state index contributed by atoms with van der Waals surface area (Å²) in [5.74, 6) is 0. The molecular formula is C3H6N2S. The average molecular weight is 102 g/mol. The number of nitrogens with zero attached hydrogens (tertiary/aromatic N) is 1. The minimum Gasteiger partial charge on any atom is -0.297 e. The Morgan fingerprint density at radius 3 is 2.50 bits per heavy atom. The van der Waals surface area contributed by atoms with Gasteiger partial charge in [0.2, 0.25) is 0 Å². The highest BCUT2D eigenvalue weighted by Crippen LogP contribution is 1.98. The molecule has 1 N–H and O–H groups in total. The summed E-state index contributed by atoms with van der Waals surface area (Å²) >= 11 is 1.08. The molecule has 0 aromatic carbocycles. The molecule has 0 bridgehead atoms. The van der Waals surface area contributed by atoms with E-state index in [1.165, 1.54) is 0 Å². The highest BCUT2D eigenvalue weighted by atomic mass is 32.2.